The van der Waals surface area contributed by atoms with Gasteiger partial charge in [0, 0.05) is 45.0 Å². The summed E-state index contributed by atoms with van der Waals surface area (Å²) in [5.41, 5.74) is 4.15. The highest BCUT2D eigenvalue weighted by molar-refractivity contribution is 6.36. The van der Waals surface area contributed by atoms with E-state index in [1.807, 2.05) is 24.5 Å². The van der Waals surface area contributed by atoms with Gasteiger partial charge in [-0.15, -0.1) is 0 Å². The first-order valence-electron chi connectivity index (χ1n) is 10.1. The van der Waals surface area contributed by atoms with Crippen molar-refractivity contribution >= 4 is 76.2 Å². The van der Waals surface area contributed by atoms with E-state index in [9.17, 15) is 0 Å². The van der Waals surface area contributed by atoms with Gasteiger partial charge in [0.1, 0.15) is 11.3 Å². The number of aromatic nitrogens is 4. The molecule has 0 amide bonds. The van der Waals surface area contributed by atoms with E-state index in [2.05, 4.69) is 68.5 Å². The fourth-order valence-electron chi connectivity index (χ4n) is 5.40. The predicted molar refractivity (Wildman–Crippen MR) is 124 cm³/mol. The molecular formula is C26H14N4. The first-order chi connectivity index (χ1) is 14.9. The third-order valence-corrected chi connectivity index (χ3v) is 6.56. The molecule has 0 bridgehead atoms. The van der Waals surface area contributed by atoms with Gasteiger partial charge in [0.2, 0.25) is 0 Å². The molecule has 8 rings (SSSR count). The molecule has 2 N–H and O–H groups in total. The van der Waals surface area contributed by atoms with Crippen LogP contribution in [0.1, 0.15) is 0 Å². The van der Waals surface area contributed by atoms with Gasteiger partial charge in [-0.25, -0.2) is 9.97 Å². The lowest BCUT2D eigenvalue weighted by Gasteiger charge is -2.13. The Bertz CT molecular complexity index is 1810. The van der Waals surface area contributed by atoms with Crippen LogP contribution >= 0.6 is 0 Å². The first kappa shape index (κ1) is 14.8. The topological polar surface area (TPSA) is 57.4 Å². The Balaban J connectivity index is 1.71. The third-order valence-electron chi connectivity index (χ3n) is 6.56. The van der Waals surface area contributed by atoms with Crippen molar-refractivity contribution in [2.24, 2.45) is 0 Å². The zero-order valence-corrected chi connectivity index (χ0v) is 15.8. The van der Waals surface area contributed by atoms with E-state index >= 15 is 0 Å². The number of pyridine rings is 2. The van der Waals surface area contributed by atoms with Gasteiger partial charge in [-0.3, -0.25) is 0 Å². The lowest BCUT2D eigenvalue weighted by molar-refractivity contribution is 1.35. The summed E-state index contributed by atoms with van der Waals surface area (Å²) >= 11 is 0. The highest BCUT2D eigenvalue weighted by atomic mass is 14.9. The van der Waals surface area contributed by atoms with Crippen molar-refractivity contribution in [1.29, 1.82) is 0 Å². The Morgan fingerprint density at radius 2 is 1.00 bits per heavy atom. The first-order valence-corrected chi connectivity index (χ1v) is 10.1. The lowest BCUT2D eigenvalue weighted by Crippen LogP contribution is -1.86. The van der Waals surface area contributed by atoms with Crippen LogP contribution in [0.3, 0.4) is 0 Å². The highest BCUT2D eigenvalue weighted by Crippen LogP contribution is 2.43. The van der Waals surface area contributed by atoms with Gasteiger partial charge in [0.05, 0.1) is 0 Å². The predicted octanol–water partition coefficient (Wildman–Crippen LogP) is 6.64. The van der Waals surface area contributed by atoms with E-state index in [0.29, 0.717) is 0 Å². The third kappa shape index (κ3) is 1.61. The molecule has 0 atom stereocenters. The molecule has 4 aromatic carbocycles. The standard InChI is InChI=1S/C26H14N4/c1-3-17-23-15-7-5-14-12-20-24(18-4-2-10-28-26(18)30-20)16-8-6-13(21(15)22(14)16)11-19(23)29-25(17)27-9-1/h1-12H,(H,27,29)(H,28,30). The van der Waals surface area contributed by atoms with Crippen molar-refractivity contribution < 1.29 is 0 Å². The Labute approximate surface area is 169 Å². The molecule has 4 aromatic heterocycles. The molecule has 0 radical (unpaired) electrons. The van der Waals surface area contributed by atoms with Crippen molar-refractivity contribution in [2.45, 2.75) is 0 Å². The van der Waals surface area contributed by atoms with Crippen LogP contribution in [0.5, 0.6) is 0 Å². The summed E-state index contributed by atoms with van der Waals surface area (Å²) in [6.45, 7) is 0. The molecule has 0 unspecified atom stereocenters. The molecule has 0 fully saturated rings. The Morgan fingerprint density at radius 3 is 1.50 bits per heavy atom. The van der Waals surface area contributed by atoms with Crippen LogP contribution in [-0.2, 0) is 0 Å². The number of nitrogens with zero attached hydrogens (tertiary/aromatic N) is 2. The van der Waals surface area contributed by atoms with E-state index in [0.717, 1.165) is 22.3 Å². The highest BCUT2D eigenvalue weighted by Gasteiger charge is 2.17. The van der Waals surface area contributed by atoms with Crippen LogP contribution in [0.25, 0.3) is 76.2 Å². The second-order valence-electron chi connectivity index (χ2n) is 8.07. The molecule has 138 valence electrons. The molecule has 8 aromatic rings. The number of hydrogen-bond acceptors (Lipinski definition) is 2. The molecule has 0 aliphatic heterocycles. The quantitative estimate of drug-likeness (QED) is 0.289. The molecule has 30 heavy (non-hydrogen) atoms. The fourth-order valence-corrected chi connectivity index (χ4v) is 5.40. The summed E-state index contributed by atoms with van der Waals surface area (Å²) in [7, 11) is 0. The molecule has 0 saturated carbocycles. The second-order valence-corrected chi connectivity index (χ2v) is 8.07. The fraction of sp³-hybridized carbons (Fsp3) is 0. The summed E-state index contributed by atoms with van der Waals surface area (Å²) in [6, 6.07) is 21.9. The van der Waals surface area contributed by atoms with Crippen molar-refractivity contribution in [3.63, 3.8) is 0 Å². The number of benzene rings is 4. The Hall–Kier alpha value is -4.18. The van der Waals surface area contributed by atoms with Gasteiger partial charge in [-0.1, -0.05) is 24.3 Å². The van der Waals surface area contributed by atoms with Crippen LogP contribution < -0.4 is 0 Å². The van der Waals surface area contributed by atoms with Gasteiger partial charge in [-0.05, 0) is 68.7 Å². The van der Waals surface area contributed by atoms with E-state index in [1.165, 1.54) is 53.9 Å². The van der Waals surface area contributed by atoms with Crippen LogP contribution in [0.4, 0.5) is 0 Å². The summed E-state index contributed by atoms with van der Waals surface area (Å²) in [5.74, 6) is 0. The number of rotatable bonds is 0. The van der Waals surface area contributed by atoms with Crippen LogP contribution in [-0.4, -0.2) is 19.9 Å². The van der Waals surface area contributed by atoms with E-state index in [1.54, 1.807) is 0 Å². The van der Waals surface area contributed by atoms with Crippen LogP contribution in [0, 0.1) is 0 Å². The van der Waals surface area contributed by atoms with E-state index in [4.69, 9.17) is 0 Å². The van der Waals surface area contributed by atoms with E-state index in [-0.39, 0.29) is 0 Å². The molecule has 4 heterocycles. The summed E-state index contributed by atoms with van der Waals surface area (Å²) in [4.78, 5) is 16.1. The molecule has 0 saturated heterocycles. The van der Waals surface area contributed by atoms with Crippen molar-refractivity contribution in [2.75, 3.05) is 0 Å². The number of nitrogens with one attached hydrogen (secondary N) is 2. The van der Waals surface area contributed by atoms with Gasteiger partial charge < -0.3 is 9.97 Å². The maximum atomic E-state index is 4.54. The van der Waals surface area contributed by atoms with Crippen molar-refractivity contribution in [3.05, 3.63) is 73.1 Å². The van der Waals surface area contributed by atoms with E-state index < -0.39 is 0 Å². The summed E-state index contributed by atoms with van der Waals surface area (Å²) < 4.78 is 0. The number of aromatic amines is 2. The maximum absolute atomic E-state index is 4.54. The lowest BCUT2D eigenvalue weighted by atomic mass is 9.90. The van der Waals surface area contributed by atoms with Gasteiger partial charge in [0.15, 0.2) is 0 Å². The molecule has 0 aliphatic carbocycles. The second kappa shape index (κ2) is 4.86. The normalized spacial score (nSPS) is 12.7. The van der Waals surface area contributed by atoms with Crippen molar-refractivity contribution in [3.8, 4) is 0 Å². The van der Waals surface area contributed by atoms with Crippen LogP contribution in [0.2, 0.25) is 0 Å². The van der Waals surface area contributed by atoms with Gasteiger partial charge in [0.25, 0.3) is 0 Å². The zero-order chi connectivity index (χ0) is 19.4. The monoisotopic (exact) mass is 382 g/mol. The molecule has 4 nitrogen and oxygen atoms in total. The Kier molecular flexibility index (Phi) is 2.39. The smallest absolute Gasteiger partial charge is 0.138 e. The molecular weight excluding hydrogens is 368 g/mol. The van der Waals surface area contributed by atoms with Gasteiger partial charge in [-0.2, -0.15) is 0 Å². The number of H-pyrrole nitrogens is 2. The largest absolute Gasteiger partial charge is 0.339 e. The minimum atomic E-state index is 0.938. The molecule has 0 spiro atoms. The Morgan fingerprint density at radius 1 is 0.500 bits per heavy atom. The average molecular weight is 382 g/mol. The number of fused-ring (bicyclic) bond motifs is 8. The minimum absolute atomic E-state index is 0.938. The van der Waals surface area contributed by atoms with Crippen LogP contribution in [0.15, 0.2) is 73.1 Å². The average Bonchev–Trinajstić information content (AvgIpc) is 3.34. The summed E-state index contributed by atoms with van der Waals surface area (Å²) in [5, 5.41) is 12.5. The molecule has 4 heteroatoms. The minimum Gasteiger partial charge on any atom is -0.339 e. The maximum Gasteiger partial charge on any atom is 0.138 e. The molecule has 0 aliphatic rings. The van der Waals surface area contributed by atoms with Gasteiger partial charge >= 0.3 is 0 Å². The number of hydrogen-bond donors (Lipinski definition) is 2. The summed E-state index contributed by atoms with van der Waals surface area (Å²) in [6.07, 6.45) is 3.68. The SMILES string of the molecule is c1cnc2[nH]c3cc4ccc5c6c(cc7ccc(c3c2c1)c4c75)[nH]c1ncccc16. The zero-order valence-electron chi connectivity index (χ0n) is 15.8. The van der Waals surface area contributed by atoms with Crippen molar-refractivity contribution in [1.82, 2.24) is 19.9 Å².